The van der Waals surface area contributed by atoms with Crippen molar-refractivity contribution in [3.05, 3.63) is 70.7 Å². The molecule has 27 heavy (non-hydrogen) atoms. The molecular formula is C22H27ClN2O2. The Balaban J connectivity index is 1.30. The highest BCUT2D eigenvalue weighted by Crippen LogP contribution is 2.22. The van der Waals surface area contributed by atoms with Crippen LogP contribution in [0.15, 0.2) is 54.6 Å². The maximum absolute atomic E-state index is 12.0. The summed E-state index contributed by atoms with van der Waals surface area (Å²) in [7, 11) is 0. The van der Waals surface area contributed by atoms with E-state index in [1.807, 2.05) is 30.3 Å². The number of carbonyl (C=O) groups excluding carboxylic acids is 1. The summed E-state index contributed by atoms with van der Waals surface area (Å²) in [6, 6.07) is 17.8. The molecule has 1 atom stereocenters. The Morgan fingerprint density at radius 1 is 1.11 bits per heavy atom. The number of halogens is 1. The third-order valence-electron chi connectivity index (χ3n) is 4.82. The van der Waals surface area contributed by atoms with Crippen molar-refractivity contribution in [3.63, 3.8) is 0 Å². The Morgan fingerprint density at radius 3 is 2.67 bits per heavy atom. The monoisotopic (exact) mass is 386 g/mol. The number of morpholine rings is 1. The number of hydrogen-bond acceptors (Lipinski definition) is 3. The molecule has 1 amide bonds. The molecule has 1 heterocycles. The normalized spacial score (nSPS) is 17.6. The van der Waals surface area contributed by atoms with Gasteiger partial charge in [-0.2, -0.15) is 0 Å². The van der Waals surface area contributed by atoms with E-state index in [-0.39, 0.29) is 12.0 Å². The van der Waals surface area contributed by atoms with Crippen molar-refractivity contribution in [2.45, 2.75) is 25.4 Å². The van der Waals surface area contributed by atoms with Crippen molar-refractivity contribution in [1.82, 2.24) is 10.2 Å². The average Bonchev–Trinajstić information content (AvgIpc) is 2.70. The van der Waals surface area contributed by atoms with E-state index in [1.165, 1.54) is 5.56 Å². The molecule has 0 bridgehead atoms. The number of hydrogen-bond donors (Lipinski definition) is 1. The van der Waals surface area contributed by atoms with Crippen LogP contribution in [0.2, 0.25) is 5.02 Å². The van der Waals surface area contributed by atoms with Gasteiger partial charge in [-0.1, -0.05) is 54.1 Å². The summed E-state index contributed by atoms with van der Waals surface area (Å²) in [5.74, 6) is 0.0628. The minimum absolute atomic E-state index is 0.0628. The van der Waals surface area contributed by atoms with Gasteiger partial charge in [0.1, 0.15) is 0 Å². The minimum atomic E-state index is 0.0628. The number of rotatable bonds is 8. The molecule has 2 aromatic carbocycles. The molecule has 0 spiro atoms. The Morgan fingerprint density at radius 2 is 1.89 bits per heavy atom. The Labute approximate surface area is 166 Å². The van der Waals surface area contributed by atoms with Crippen LogP contribution in [-0.2, 0) is 16.0 Å². The highest BCUT2D eigenvalue weighted by Gasteiger charge is 2.21. The second-order valence-corrected chi connectivity index (χ2v) is 7.37. The number of unbranched alkanes of at least 4 members (excludes halogenated alkanes) is 1. The lowest BCUT2D eigenvalue weighted by atomic mass is 10.1. The van der Waals surface area contributed by atoms with E-state index in [9.17, 15) is 4.79 Å². The standard InChI is InChI=1S/C22H27ClN2O2/c23-20-10-8-18(9-11-20)16-22(26)24-12-4-5-13-25-14-15-27-21(17-25)19-6-2-1-3-7-19/h1-3,6-11,21H,4-5,12-17H2,(H,24,26). The van der Waals surface area contributed by atoms with Crippen LogP contribution in [0.1, 0.15) is 30.1 Å². The summed E-state index contributed by atoms with van der Waals surface area (Å²) in [6.07, 6.45) is 2.63. The molecule has 3 rings (SSSR count). The van der Waals surface area contributed by atoms with Gasteiger partial charge in [0.05, 0.1) is 19.1 Å². The first kappa shape index (κ1) is 19.9. The zero-order chi connectivity index (χ0) is 18.9. The van der Waals surface area contributed by atoms with Crippen LogP contribution in [0.25, 0.3) is 0 Å². The quantitative estimate of drug-likeness (QED) is 0.700. The lowest BCUT2D eigenvalue weighted by Crippen LogP contribution is -2.39. The number of ether oxygens (including phenoxy) is 1. The largest absolute Gasteiger partial charge is 0.371 e. The van der Waals surface area contributed by atoms with Gasteiger partial charge >= 0.3 is 0 Å². The highest BCUT2D eigenvalue weighted by atomic mass is 35.5. The third-order valence-corrected chi connectivity index (χ3v) is 5.08. The molecule has 1 aliphatic heterocycles. The van der Waals surface area contributed by atoms with Crippen LogP contribution >= 0.6 is 11.6 Å². The molecule has 0 aliphatic carbocycles. The molecule has 1 N–H and O–H groups in total. The van der Waals surface area contributed by atoms with Crippen LogP contribution in [0.3, 0.4) is 0 Å². The van der Waals surface area contributed by atoms with Crippen LogP contribution in [0.5, 0.6) is 0 Å². The molecule has 1 unspecified atom stereocenters. The summed E-state index contributed by atoms with van der Waals surface area (Å²) in [4.78, 5) is 14.4. The molecule has 144 valence electrons. The molecule has 0 saturated carbocycles. The van der Waals surface area contributed by atoms with Crippen molar-refractivity contribution in [3.8, 4) is 0 Å². The van der Waals surface area contributed by atoms with E-state index in [0.717, 1.165) is 51.2 Å². The summed E-state index contributed by atoms with van der Waals surface area (Å²) in [5, 5.41) is 3.69. The van der Waals surface area contributed by atoms with Crippen molar-refractivity contribution in [1.29, 1.82) is 0 Å². The topological polar surface area (TPSA) is 41.6 Å². The SMILES string of the molecule is O=C(Cc1ccc(Cl)cc1)NCCCCN1CCOC(c2ccccc2)C1. The van der Waals surface area contributed by atoms with Crippen molar-refractivity contribution < 1.29 is 9.53 Å². The van der Waals surface area contributed by atoms with Gasteiger partial charge in [0.15, 0.2) is 0 Å². The molecule has 0 aromatic heterocycles. The fraction of sp³-hybridized carbons (Fsp3) is 0.409. The van der Waals surface area contributed by atoms with E-state index < -0.39 is 0 Å². The van der Waals surface area contributed by atoms with Gasteiger partial charge in [0.2, 0.25) is 5.91 Å². The molecular weight excluding hydrogens is 360 g/mol. The smallest absolute Gasteiger partial charge is 0.224 e. The lowest BCUT2D eigenvalue weighted by molar-refractivity contribution is -0.120. The summed E-state index contributed by atoms with van der Waals surface area (Å²) < 4.78 is 5.91. The Hall–Kier alpha value is -1.88. The Bertz CT molecular complexity index is 706. The first-order valence-electron chi connectivity index (χ1n) is 9.61. The zero-order valence-electron chi connectivity index (χ0n) is 15.6. The van der Waals surface area contributed by atoms with Crippen LogP contribution < -0.4 is 5.32 Å². The number of nitrogens with zero attached hydrogens (tertiary/aromatic N) is 1. The van der Waals surface area contributed by atoms with E-state index in [2.05, 4.69) is 34.5 Å². The average molecular weight is 387 g/mol. The number of benzene rings is 2. The summed E-state index contributed by atoms with van der Waals surface area (Å²) >= 11 is 5.86. The predicted molar refractivity (Wildman–Crippen MR) is 109 cm³/mol. The van der Waals surface area contributed by atoms with Gasteiger partial charge in [0, 0.05) is 24.7 Å². The Kier molecular flexibility index (Phi) is 7.69. The molecule has 1 saturated heterocycles. The van der Waals surface area contributed by atoms with E-state index in [4.69, 9.17) is 16.3 Å². The molecule has 0 radical (unpaired) electrons. The van der Waals surface area contributed by atoms with E-state index in [1.54, 1.807) is 0 Å². The van der Waals surface area contributed by atoms with Crippen molar-refractivity contribution in [2.24, 2.45) is 0 Å². The number of nitrogens with one attached hydrogen (secondary N) is 1. The first-order valence-corrected chi connectivity index (χ1v) is 9.98. The van der Waals surface area contributed by atoms with Crippen LogP contribution in [-0.4, -0.2) is 43.6 Å². The van der Waals surface area contributed by atoms with E-state index >= 15 is 0 Å². The van der Waals surface area contributed by atoms with Gasteiger partial charge in [-0.15, -0.1) is 0 Å². The fourth-order valence-electron chi connectivity index (χ4n) is 3.31. The van der Waals surface area contributed by atoms with Gasteiger partial charge < -0.3 is 10.1 Å². The first-order chi connectivity index (χ1) is 13.2. The van der Waals surface area contributed by atoms with Crippen molar-refractivity contribution >= 4 is 17.5 Å². The number of amides is 1. The molecule has 1 fully saturated rings. The maximum atomic E-state index is 12.0. The summed E-state index contributed by atoms with van der Waals surface area (Å²) in [6.45, 7) is 4.45. The van der Waals surface area contributed by atoms with Crippen LogP contribution in [0, 0.1) is 0 Å². The predicted octanol–water partition coefficient (Wildman–Crippen LogP) is 3.85. The second-order valence-electron chi connectivity index (χ2n) is 6.93. The van der Waals surface area contributed by atoms with Crippen molar-refractivity contribution in [2.75, 3.05) is 32.8 Å². The lowest BCUT2D eigenvalue weighted by Gasteiger charge is -2.33. The molecule has 5 heteroatoms. The molecule has 4 nitrogen and oxygen atoms in total. The van der Waals surface area contributed by atoms with Gasteiger partial charge in [-0.25, -0.2) is 0 Å². The van der Waals surface area contributed by atoms with Crippen LogP contribution in [0.4, 0.5) is 0 Å². The summed E-state index contributed by atoms with van der Waals surface area (Å²) in [5.41, 5.74) is 2.23. The van der Waals surface area contributed by atoms with E-state index in [0.29, 0.717) is 11.4 Å². The maximum Gasteiger partial charge on any atom is 0.224 e. The van der Waals surface area contributed by atoms with Gasteiger partial charge in [0.25, 0.3) is 0 Å². The second kappa shape index (κ2) is 10.5. The highest BCUT2D eigenvalue weighted by molar-refractivity contribution is 6.30. The van der Waals surface area contributed by atoms with Gasteiger partial charge in [-0.05, 0) is 42.6 Å². The number of carbonyl (C=O) groups is 1. The molecule has 1 aliphatic rings. The zero-order valence-corrected chi connectivity index (χ0v) is 16.3. The molecule has 2 aromatic rings. The fourth-order valence-corrected chi connectivity index (χ4v) is 3.44. The van der Waals surface area contributed by atoms with Gasteiger partial charge in [-0.3, -0.25) is 9.69 Å². The third kappa shape index (κ3) is 6.65. The minimum Gasteiger partial charge on any atom is -0.371 e.